The maximum absolute atomic E-state index is 11.2. The van der Waals surface area contributed by atoms with Crippen LogP contribution in [0, 0.1) is 4.77 Å². The minimum absolute atomic E-state index is 0.222. The summed E-state index contributed by atoms with van der Waals surface area (Å²) >= 11 is 4.85. The van der Waals surface area contributed by atoms with Crippen LogP contribution < -0.4 is 0 Å². The fourth-order valence-corrected chi connectivity index (χ4v) is 1.14. The summed E-state index contributed by atoms with van der Waals surface area (Å²) in [6.07, 6.45) is 2.20. The molecule has 7 heteroatoms. The van der Waals surface area contributed by atoms with E-state index in [0.717, 1.165) is 12.8 Å². The molecule has 0 radical (unpaired) electrons. The van der Waals surface area contributed by atoms with E-state index in [-0.39, 0.29) is 12.4 Å². The number of hydrogen-bond donors (Lipinski definition) is 1. The van der Waals surface area contributed by atoms with Gasteiger partial charge >= 0.3 is 5.97 Å². The molecule has 1 heterocycles. The van der Waals surface area contributed by atoms with Crippen molar-refractivity contribution in [3.8, 4) is 0 Å². The van der Waals surface area contributed by atoms with E-state index in [1.165, 1.54) is 4.68 Å². The molecule has 0 amide bonds. The van der Waals surface area contributed by atoms with Crippen molar-refractivity contribution in [3.05, 3.63) is 4.77 Å². The second-order valence-electron chi connectivity index (χ2n) is 3.06. The van der Waals surface area contributed by atoms with E-state index >= 15 is 0 Å². The van der Waals surface area contributed by atoms with E-state index < -0.39 is 0 Å². The zero-order valence-electron chi connectivity index (χ0n) is 8.60. The van der Waals surface area contributed by atoms with Crippen LogP contribution in [0.3, 0.4) is 0 Å². The fraction of sp³-hybridized carbons (Fsp3) is 0.750. The largest absolute Gasteiger partial charge is 0.466 e. The number of H-pyrrole nitrogens is 1. The van der Waals surface area contributed by atoms with Gasteiger partial charge in [-0.25, -0.2) is 4.68 Å². The lowest BCUT2D eigenvalue weighted by Crippen LogP contribution is -2.11. The second kappa shape index (κ2) is 6.28. The first-order valence-electron chi connectivity index (χ1n) is 4.87. The Morgan fingerprint density at radius 3 is 3.07 bits per heavy atom. The quantitative estimate of drug-likeness (QED) is 0.449. The van der Waals surface area contributed by atoms with Gasteiger partial charge in [-0.15, -0.1) is 0 Å². The highest BCUT2D eigenvalue weighted by Gasteiger charge is 2.03. The monoisotopic (exact) mass is 230 g/mol. The third kappa shape index (κ3) is 4.20. The van der Waals surface area contributed by atoms with Crippen LogP contribution in [0.1, 0.15) is 26.2 Å². The summed E-state index contributed by atoms with van der Waals surface area (Å²) < 4.78 is 6.85. The first kappa shape index (κ1) is 11.8. The highest BCUT2D eigenvalue weighted by Crippen LogP contribution is 1.94. The average molecular weight is 230 g/mol. The first-order valence-corrected chi connectivity index (χ1v) is 5.28. The van der Waals surface area contributed by atoms with Crippen molar-refractivity contribution in [2.45, 2.75) is 32.7 Å². The van der Waals surface area contributed by atoms with Crippen molar-refractivity contribution >= 4 is 18.2 Å². The van der Waals surface area contributed by atoms with Gasteiger partial charge in [-0.3, -0.25) is 4.79 Å². The normalized spacial score (nSPS) is 10.2. The number of unbranched alkanes of at least 4 members (excludes halogenated alkanes) is 1. The van der Waals surface area contributed by atoms with Crippen LogP contribution in [-0.2, 0) is 16.1 Å². The van der Waals surface area contributed by atoms with Crippen LogP contribution in [0.5, 0.6) is 0 Å². The number of carbonyl (C=O) groups excluding carboxylic acids is 1. The molecule has 0 aromatic carbocycles. The Labute approximate surface area is 92.6 Å². The van der Waals surface area contributed by atoms with Gasteiger partial charge in [0.2, 0.25) is 4.77 Å². The number of ether oxygens (including phenoxy) is 1. The molecule has 0 aliphatic heterocycles. The summed E-state index contributed by atoms with van der Waals surface area (Å²) in [6, 6.07) is 0. The zero-order valence-corrected chi connectivity index (χ0v) is 9.42. The van der Waals surface area contributed by atoms with E-state index in [2.05, 4.69) is 15.5 Å². The van der Waals surface area contributed by atoms with Crippen LogP contribution in [-0.4, -0.2) is 32.8 Å². The van der Waals surface area contributed by atoms with Crippen LogP contribution in [0.25, 0.3) is 0 Å². The number of rotatable bonds is 6. The number of hydrogen-bond acceptors (Lipinski definition) is 5. The van der Waals surface area contributed by atoms with Crippen LogP contribution >= 0.6 is 12.2 Å². The summed E-state index contributed by atoms with van der Waals surface area (Å²) in [4.78, 5) is 11.2. The fourth-order valence-electron chi connectivity index (χ4n) is 0.967. The number of nitrogens with zero attached hydrogens (tertiary/aromatic N) is 3. The number of aryl methyl sites for hydroxylation is 1. The van der Waals surface area contributed by atoms with Crippen molar-refractivity contribution in [1.29, 1.82) is 0 Å². The Bertz CT molecular complexity index is 360. The molecule has 0 unspecified atom stereocenters. The smallest absolute Gasteiger partial charge is 0.307 e. The summed E-state index contributed by atoms with van der Waals surface area (Å²) in [7, 11) is 0. The van der Waals surface area contributed by atoms with Crippen LogP contribution in [0.15, 0.2) is 0 Å². The van der Waals surface area contributed by atoms with E-state index in [9.17, 15) is 4.79 Å². The summed E-state index contributed by atoms with van der Waals surface area (Å²) in [5, 5.41) is 9.67. The Kier molecular flexibility index (Phi) is 4.96. The van der Waals surface area contributed by atoms with Gasteiger partial charge in [0, 0.05) is 0 Å². The number of aromatic amines is 1. The van der Waals surface area contributed by atoms with E-state index in [0.29, 0.717) is 17.9 Å². The van der Waals surface area contributed by atoms with Gasteiger partial charge in [0.05, 0.1) is 19.6 Å². The molecular formula is C8H14N4O2S. The van der Waals surface area contributed by atoms with E-state index in [1.54, 1.807) is 0 Å². The van der Waals surface area contributed by atoms with Crippen molar-refractivity contribution in [2.24, 2.45) is 0 Å². The molecule has 84 valence electrons. The minimum atomic E-state index is -0.222. The highest BCUT2D eigenvalue weighted by atomic mass is 32.1. The molecule has 0 saturated carbocycles. The topological polar surface area (TPSA) is 72.8 Å². The van der Waals surface area contributed by atoms with Crippen LogP contribution in [0.2, 0.25) is 0 Å². The molecule has 0 aliphatic carbocycles. The SMILES string of the molecule is CCCCOC(=O)CCn1[nH]nnc1=S. The molecule has 6 nitrogen and oxygen atoms in total. The Balaban J connectivity index is 2.23. The van der Waals surface area contributed by atoms with Crippen molar-refractivity contribution in [3.63, 3.8) is 0 Å². The summed E-state index contributed by atoms with van der Waals surface area (Å²) in [6.45, 7) is 2.96. The molecule has 0 spiro atoms. The Hall–Kier alpha value is -1.24. The molecule has 1 N–H and O–H groups in total. The zero-order chi connectivity index (χ0) is 11.1. The molecule has 0 saturated heterocycles. The number of nitrogens with one attached hydrogen (secondary N) is 1. The number of carbonyl (C=O) groups is 1. The number of aromatic nitrogens is 4. The predicted molar refractivity (Wildman–Crippen MR) is 55.7 cm³/mol. The molecule has 0 fully saturated rings. The Morgan fingerprint density at radius 2 is 2.47 bits per heavy atom. The number of tetrazole rings is 1. The second-order valence-corrected chi connectivity index (χ2v) is 3.42. The molecule has 1 aromatic rings. The molecule has 0 atom stereocenters. The molecule has 0 bridgehead atoms. The lowest BCUT2D eigenvalue weighted by molar-refractivity contribution is -0.144. The van der Waals surface area contributed by atoms with Crippen molar-refractivity contribution in [2.75, 3.05) is 6.61 Å². The maximum atomic E-state index is 11.2. The standard InChI is InChI=1S/C8H14N4O2S/c1-2-3-6-14-7(13)4-5-12-8(15)9-10-11-12/h2-6H2,1H3,(H,9,11,15). The molecule has 1 rings (SSSR count). The van der Waals surface area contributed by atoms with Gasteiger partial charge < -0.3 is 4.74 Å². The lowest BCUT2D eigenvalue weighted by atomic mass is 10.3. The Morgan fingerprint density at radius 1 is 1.67 bits per heavy atom. The van der Waals surface area contributed by atoms with Crippen molar-refractivity contribution in [1.82, 2.24) is 20.2 Å². The minimum Gasteiger partial charge on any atom is -0.466 e. The predicted octanol–water partition coefficient (Wildman–Crippen LogP) is 1.07. The molecular weight excluding hydrogens is 216 g/mol. The third-order valence-corrected chi connectivity index (χ3v) is 2.13. The van der Waals surface area contributed by atoms with Crippen molar-refractivity contribution < 1.29 is 9.53 Å². The molecule has 1 aromatic heterocycles. The van der Waals surface area contributed by atoms with Crippen LogP contribution in [0.4, 0.5) is 0 Å². The van der Waals surface area contributed by atoms with Gasteiger partial charge in [-0.2, -0.15) is 5.21 Å². The van der Waals surface area contributed by atoms with E-state index in [4.69, 9.17) is 17.0 Å². The highest BCUT2D eigenvalue weighted by molar-refractivity contribution is 7.71. The number of esters is 1. The summed E-state index contributed by atoms with van der Waals surface area (Å²) in [5.74, 6) is -0.222. The van der Waals surface area contributed by atoms with Gasteiger partial charge in [-0.1, -0.05) is 23.7 Å². The maximum Gasteiger partial charge on any atom is 0.307 e. The first-order chi connectivity index (χ1) is 7.24. The third-order valence-electron chi connectivity index (χ3n) is 1.83. The lowest BCUT2D eigenvalue weighted by Gasteiger charge is -2.03. The van der Waals surface area contributed by atoms with Gasteiger partial charge in [0.25, 0.3) is 0 Å². The summed E-state index contributed by atoms with van der Waals surface area (Å²) in [5.41, 5.74) is 0. The van der Waals surface area contributed by atoms with Gasteiger partial charge in [0.1, 0.15) is 0 Å². The molecule has 15 heavy (non-hydrogen) atoms. The van der Waals surface area contributed by atoms with E-state index in [1.807, 2.05) is 6.92 Å². The molecule has 0 aliphatic rings. The average Bonchev–Trinajstić information content (AvgIpc) is 2.61. The van der Waals surface area contributed by atoms with Gasteiger partial charge in [-0.05, 0) is 18.6 Å². The van der Waals surface area contributed by atoms with Gasteiger partial charge in [0.15, 0.2) is 0 Å².